The molecule has 0 fully saturated rings. The van der Waals surface area contributed by atoms with Crippen molar-refractivity contribution in [3.8, 4) is 0 Å². The maximum absolute atomic E-state index is 12.9. The summed E-state index contributed by atoms with van der Waals surface area (Å²) in [6, 6.07) is 6.29. The molecule has 0 saturated heterocycles. The SMILES string of the molecule is CN(C(CN)c1ccc(F)cc1)C(C)(C)CO. The van der Waals surface area contributed by atoms with Gasteiger partial charge in [-0.1, -0.05) is 12.1 Å². The second-order valence-corrected chi connectivity index (χ2v) is 4.88. The molecule has 17 heavy (non-hydrogen) atoms. The van der Waals surface area contributed by atoms with E-state index in [1.165, 1.54) is 12.1 Å². The highest BCUT2D eigenvalue weighted by molar-refractivity contribution is 5.20. The lowest BCUT2D eigenvalue weighted by Crippen LogP contribution is -2.48. The summed E-state index contributed by atoms with van der Waals surface area (Å²) < 4.78 is 12.9. The topological polar surface area (TPSA) is 49.5 Å². The number of aliphatic hydroxyl groups is 1. The number of hydrogen-bond acceptors (Lipinski definition) is 3. The Bertz CT molecular complexity index is 351. The van der Waals surface area contributed by atoms with Crippen LogP contribution in [0.4, 0.5) is 4.39 Å². The van der Waals surface area contributed by atoms with Gasteiger partial charge in [0.15, 0.2) is 0 Å². The lowest BCUT2D eigenvalue weighted by molar-refractivity contribution is 0.0470. The normalized spacial score (nSPS) is 14.1. The van der Waals surface area contributed by atoms with Crippen LogP contribution in [0.3, 0.4) is 0 Å². The van der Waals surface area contributed by atoms with Crippen molar-refractivity contribution in [1.82, 2.24) is 4.90 Å². The minimum absolute atomic E-state index is 0.0299. The van der Waals surface area contributed by atoms with E-state index < -0.39 is 0 Å². The molecule has 0 saturated carbocycles. The third-order valence-electron chi connectivity index (χ3n) is 3.29. The predicted octanol–water partition coefficient (Wildman–Crippen LogP) is 1.53. The zero-order valence-corrected chi connectivity index (χ0v) is 10.7. The molecule has 1 aromatic rings. The second kappa shape index (κ2) is 5.58. The molecule has 0 spiro atoms. The van der Waals surface area contributed by atoms with E-state index in [2.05, 4.69) is 0 Å². The summed E-state index contributed by atoms with van der Waals surface area (Å²) in [4.78, 5) is 2.01. The Kier molecular flexibility index (Phi) is 4.62. The minimum atomic E-state index is -0.363. The smallest absolute Gasteiger partial charge is 0.123 e. The van der Waals surface area contributed by atoms with Crippen molar-refractivity contribution in [2.24, 2.45) is 5.73 Å². The van der Waals surface area contributed by atoms with Crippen LogP contribution in [0, 0.1) is 5.82 Å². The third-order valence-corrected chi connectivity index (χ3v) is 3.29. The number of benzene rings is 1. The first-order valence-electron chi connectivity index (χ1n) is 5.71. The summed E-state index contributed by atoms with van der Waals surface area (Å²) in [6.45, 7) is 4.35. The molecule has 0 aromatic heterocycles. The van der Waals surface area contributed by atoms with Gasteiger partial charge in [0.25, 0.3) is 0 Å². The van der Waals surface area contributed by atoms with Gasteiger partial charge >= 0.3 is 0 Å². The van der Waals surface area contributed by atoms with E-state index in [-0.39, 0.29) is 24.0 Å². The van der Waals surface area contributed by atoms with Crippen molar-refractivity contribution in [1.29, 1.82) is 0 Å². The number of hydrogen-bond donors (Lipinski definition) is 2. The number of likely N-dealkylation sites (N-methyl/N-ethyl adjacent to an activating group) is 1. The number of aliphatic hydroxyl groups excluding tert-OH is 1. The molecular formula is C13H21FN2O. The van der Waals surface area contributed by atoms with Crippen LogP contribution < -0.4 is 5.73 Å². The summed E-state index contributed by atoms with van der Waals surface area (Å²) in [6.07, 6.45) is 0. The molecule has 96 valence electrons. The quantitative estimate of drug-likeness (QED) is 0.820. The maximum atomic E-state index is 12.9. The fourth-order valence-electron chi connectivity index (χ4n) is 1.74. The van der Waals surface area contributed by atoms with Crippen LogP contribution >= 0.6 is 0 Å². The van der Waals surface area contributed by atoms with Gasteiger partial charge < -0.3 is 10.8 Å². The molecule has 1 atom stereocenters. The Hall–Kier alpha value is -0.970. The summed E-state index contributed by atoms with van der Waals surface area (Å²) in [5.41, 5.74) is 6.37. The van der Waals surface area contributed by atoms with Crippen molar-refractivity contribution in [2.75, 3.05) is 20.2 Å². The molecule has 1 unspecified atom stereocenters. The largest absolute Gasteiger partial charge is 0.394 e. The van der Waals surface area contributed by atoms with E-state index in [0.29, 0.717) is 6.54 Å². The first-order chi connectivity index (χ1) is 7.92. The van der Waals surface area contributed by atoms with Crippen LogP contribution in [0.15, 0.2) is 24.3 Å². The molecule has 0 bridgehead atoms. The zero-order chi connectivity index (χ0) is 13.1. The van der Waals surface area contributed by atoms with Gasteiger partial charge in [-0.3, -0.25) is 4.90 Å². The average Bonchev–Trinajstić information content (AvgIpc) is 2.32. The molecular weight excluding hydrogens is 219 g/mol. The first-order valence-corrected chi connectivity index (χ1v) is 5.71. The molecule has 0 heterocycles. The summed E-state index contributed by atoms with van der Waals surface area (Å²) in [5.74, 6) is -0.256. The Morgan fingerprint density at radius 2 is 1.88 bits per heavy atom. The van der Waals surface area contributed by atoms with Crippen molar-refractivity contribution in [2.45, 2.75) is 25.4 Å². The van der Waals surface area contributed by atoms with Gasteiger partial charge in [-0.15, -0.1) is 0 Å². The van der Waals surface area contributed by atoms with Gasteiger partial charge in [0.2, 0.25) is 0 Å². The Balaban J connectivity index is 2.95. The minimum Gasteiger partial charge on any atom is -0.394 e. The third kappa shape index (κ3) is 3.25. The molecule has 4 heteroatoms. The van der Waals surface area contributed by atoms with Gasteiger partial charge in [-0.25, -0.2) is 4.39 Å². The Morgan fingerprint density at radius 3 is 2.29 bits per heavy atom. The molecule has 1 rings (SSSR count). The fourth-order valence-corrected chi connectivity index (χ4v) is 1.74. The van der Waals surface area contributed by atoms with Gasteiger partial charge in [0.1, 0.15) is 5.82 Å². The van der Waals surface area contributed by atoms with Crippen LogP contribution in [0.5, 0.6) is 0 Å². The first kappa shape index (κ1) is 14.1. The Morgan fingerprint density at radius 1 is 1.35 bits per heavy atom. The lowest BCUT2D eigenvalue weighted by atomic mass is 9.98. The highest BCUT2D eigenvalue weighted by Crippen LogP contribution is 2.25. The van der Waals surface area contributed by atoms with Crippen molar-refractivity contribution >= 4 is 0 Å². The molecule has 0 aliphatic rings. The Labute approximate surface area is 102 Å². The van der Waals surface area contributed by atoms with Gasteiger partial charge in [0.05, 0.1) is 6.61 Å². The van der Waals surface area contributed by atoms with E-state index in [9.17, 15) is 9.50 Å². The number of nitrogens with two attached hydrogens (primary N) is 1. The molecule has 0 radical (unpaired) electrons. The summed E-state index contributed by atoms with van der Waals surface area (Å²) in [5, 5.41) is 9.36. The van der Waals surface area contributed by atoms with Crippen molar-refractivity contribution < 1.29 is 9.50 Å². The van der Waals surface area contributed by atoms with E-state index in [1.54, 1.807) is 12.1 Å². The van der Waals surface area contributed by atoms with E-state index in [1.807, 2.05) is 25.8 Å². The van der Waals surface area contributed by atoms with E-state index in [4.69, 9.17) is 5.73 Å². The number of rotatable bonds is 5. The molecule has 3 N–H and O–H groups in total. The maximum Gasteiger partial charge on any atom is 0.123 e. The lowest BCUT2D eigenvalue weighted by Gasteiger charge is -2.39. The van der Waals surface area contributed by atoms with Gasteiger partial charge in [-0.05, 0) is 38.6 Å². The van der Waals surface area contributed by atoms with Crippen LogP contribution in [0.1, 0.15) is 25.5 Å². The van der Waals surface area contributed by atoms with Crippen LogP contribution in [-0.4, -0.2) is 35.7 Å². The van der Waals surface area contributed by atoms with Crippen LogP contribution in [0.2, 0.25) is 0 Å². The van der Waals surface area contributed by atoms with Crippen molar-refractivity contribution in [3.05, 3.63) is 35.6 Å². The molecule has 3 nitrogen and oxygen atoms in total. The highest BCUT2D eigenvalue weighted by atomic mass is 19.1. The van der Waals surface area contributed by atoms with Gasteiger partial charge in [0, 0.05) is 18.1 Å². The molecule has 1 aromatic carbocycles. The summed E-state index contributed by atoms with van der Waals surface area (Å²) in [7, 11) is 1.91. The molecule has 0 aliphatic carbocycles. The highest BCUT2D eigenvalue weighted by Gasteiger charge is 2.28. The molecule has 0 amide bonds. The number of nitrogens with zero attached hydrogens (tertiary/aromatic N) is 1. The number of halogens is 1. The monoisotopic (exact) mass is 240 g/mol. The predicted molar refractivity (Wildman–Crippen MR) is 67.1 cm³/mol. The zero-order valence-electron chi connectivity index (χ0n) is 10.7. The molecule has 0 aliphatic heterocycles. The van der Waals surface area contributed by atoms with Crippen molar-refractivity contribution in [3.63, 3.8) is 0 Å². The van der Waals surface area contributed by atoms with E-state index in [0.717, 1.165) is 5.56 Å². The summed E-state index contributed by atoms with van der Waals surface area (Å²) >= 11 is 0. The van der Waals surface area contributed by atoms with Crippen LogP contribution in [0.25, 0.3) is 0 Å². The van der Waals surface area contributed by atoms with Crippen LogP contribution in [-0.2, 0) is 0 Å². The average molecular weight is 240 g/mol. The second-order valence-electron chi connectivity index (χ2n) is 4.88. The fraction of sp³-hybridized carbons (Fsp3) is 0.538. The van der Waals surface area contributed by atoms with E-state index >= 15 is 0 Å². The standard InChI is InChI=1S/C13H21FN2O/c1-13(2,9-17)16(3)12(8-15)10-4-6-11(14)7-5-10/h4-7,12,17H,8-9,15H2,1-3H3. The van der Waals surface area contributed by atoms with Gasteiger partial charge in [-0.2, -0.15) is 0 Å².